The van der Waals surface area contributed by atoms with Crippen molar-refractivity contribution in [1.82, 2.24) is 4.72 Å². The van der Waals surface area contributed by atoms with Gasteiger partial charge < -0.3 is 15.2 Å². The van der Waals surface area contributed by atoms with E-state index < -0.39 is 10.0 Å². The molecule has 6 nitrogen and oxygen atoms in total. The van der Waals surface area contributed by atoms with Crippen LogP contribution in [0.2, 0.25) is 0 Å². The van der Waals surface area contributed by atoms with Crippen molar-refractivity contribution in [3.8, 4) is 11.5 Å². The fraction of sp³-hybridized carbons (Fsp3) is 0.333. The number of nitrogens with two attached hydrogens (primary N) is 1. The summed E-state index contributed by atoms with van der Waals surface area (Å²) in [5.41, 5.74) is 6.89. The average molecular weight is 364 g/mol. The predicted molar refractivity (Wildman–Crippen MR) is 98.3 cm³/mol. The van der Waals surface area contributed by atoms with Crippen molar-refractivity contribution in [2.24, 2.45) is 0 Å². The Kier molecular flexibility index (Phi) is 6.66. The predicted octanol–water partition coefficient (Wildman–Crippen LogP) is 2.93. The van der Waals surface area contributed by atoms with Crippen LogP contribution in [0.3, 0.4) is 0 Å². The van der Waals surface area contributed by atoms with E-state index in [1.807, 2.05) is 19.9 Å². The van der Waals surface area contributed by atoms with Crippen molar-refractivity contribution in [2.75, 3.05) is 18.9 Å². The zero-order valence-electron chi connectivity index (χ0n) is 14.5. The van der Waals surface area contributed by atoms with Crippen LogP contribution in [-0.2, 0) is 16.6 Å². The number of ether oxygens (including phenoxy) is 2. The number of anilines is 1. The third kappa shape index (κ3) is 5.37. The molecule has 0 radical (unpaired) electrons. The van der Waals surface area contributed by atoms with E-state index in [4.69, 9.17) is 15.2 Å². The molecule has 0 heterocycles. The first-order valence-corrected chi connectivity index (χ1v) is 9.68. The Morgan fingerprint density at radius 1 is 1.00 bits per heavy atom. The maximum atomic E-state index is 12.3. The summed E-state index contributed by atoms with van der Waals surface area (Å²) >= 11 is 0. The Hall–Kier alpha value is -2.25. The SMILES string of the molecule is CCCOc1ccc(CNS(=O)(=O)c2ccc(N)cc2)cc1OCC. The van der Waals surface area contributed by atoms with Gasteiger partial charge in [-0.25, -0.2) is 13.1 Å². The Balaban J connectivity index is 2.11. The van der Waals surface area contributed by atoms with Gasteiger partial charge in [0.25, 0.3) is 0 Å². The first-order chi connectivity index (χ1) is 12.0. The zero-order valence-corrected chi connectivity index (χ0v) is 15.3. The Morgan fingerprint density at radius 3 is 2.36 bits per heavy atom. The lowest BCUT2D eigenvalue weighted by Gasteiger charge is -2.13. The van der Waals surface area contributed by atoms with Crippen molar-refractivity contribution >= 4 is 15.7 Å². The van der Waals surface area contributed by atoms with E-state index in [-0.39, 0.29) is 11.4 Å². The van der Waals surface area contributed by atoms with E-state index in [9.17, 15) is 8.42 Å². The molecule has 0 aliphatic heterocycles. The number of hydrogen-bond donors (Lipinski definition) is 2. The molecule has 2 aromatic rings. The van der Waals surface area contributed by atoms with Crippen molar-refractivity contribution in [1.29, 1.82) is 0 Å². The quantitative estimate of drug-likeness (QED) is 0.668. The first kappa shape index (κ1) is 19.1. The lowest BCUT2D eigenvalue weighted by Crippen LogP contribution is -2.23. The fourth-order valence-corrected chi connectivity index (χ4v) is 3.19. The largest absolute Gasteiger partial charge is 0.490 e. The zero-order chi connectivity index (χ0) is 18.3. The van der Waals surface area contributed by atoms with Crippen LogP contribution in [0.5, 0.6) is 11.5 Å². The molecule has 0 atom stereocenters. The van der Waals surface area contributed by atoms with Gasteiger partial charge in [0.05, 0.1) is 18.1 Å². The number of sulfonamides is 1. The summed E-state index contributed by atoms with van der Waals surface area (Å²) in [7, 11) is -3.60. The summed E-state index contributed by atoms with van der Waals surface area (Å²) in [6.45, 7) is 5.17. The Labute approximate surface area is 149 Å². The lowest BCUT2D eigenvalue weighted by molar-refractivity contribution is 0.276. The molecule has 0 spiro atoms. The number of nitrogens with one attached hydrogen (secondary N) is 1. The molecule has 2 rings (SSSR count). The lowest BCUT2D eigenvalue weighted by atomic mass is 10.2. The van der Waals surface area contributed by atoms with Gasteiger partial charge in [-0.15, -0.1) is 0 Å². The van der Waals surface area contributed by atoms with Crippen LogP contribution in [0.1, 0.15) is 25.8 Å². The standard InChI is InChI=1S/C18H24N2O4S/c1-3-11-24-17-10-5-14(12-18(17)23-4-2)13-20-25(21,22)16-8-6-15(19)7-9-16/h5-10,12,20H,3-4,11,13,19H2,1-2H3. The van der Waals surface area contributed by atoms with Gasteiger partial charge in [-0.3, -0.25) is 0 Å². The van der Waals surface area contributed by atoms with Crippen LogP contribution in [0.25, 0.3) is 0 Å². The maximum Gasteiger partial charge on any atom is 0.240 e. The van der Waals surface area contributed by atoms with Crippen LogP contribution in [-0.4, -0.2) is 21.6 Å². The molecule has 0 aromatic heterocycles. The van der Waals surface area contributed by atoms with E-state index >= 15 is 0 Å². The first-order valence-electron chi connectivity index (χ1n) is 8.20. The van der Waals surface area contributed by atoms with Gasteiger partial charge in [0.1, 0.15) is 0 Å². The number of benzene rings is 2. The van der Waals surface area contributed by atoms with E-state index in [0.717, 1.165) is 12.0 Å². The van der Waals surface area contributed by atoms with Crippen LogP contribution in [0.15, 0.2) is 47.4 Å². The van der Waals surface area contributed by atoms with E-state index in [1.165, 1.54) is 12.1 Å². The molecular formula is C18H24N2O4S. The van der Waals surface area contributed by atoms with Gasteiger partial charge >= 0.3 is 0 Å². The fourth-order valence-electron chi connectivity index (χ4n) is 2.17. The number of rotatable bonds is 9. The molecule has 0 unspecified atom stereocenters. The molecule has 25 heavy (non-hydrogen) atoms. The molecule has 0 fully saturated rings. The minimum Gasteiger partial charge on any atom is -0.490 e. The average Bonchev–Trinajstić information content (AvgIpc) is 2.60. The monoisotopic (exact) mass is 364 g/mol. The van der Waals surface area contributed by atoms with Crippen molar-refractivity contribution in [2.45, 2.75) is 31.7 Å². The molecule has 0 amide bonds. The molecule has 0 saturated carbocycles. The molecule has 3 N–H and O–H groups in total. The van der Waals surface area contributed by atoms with Crippen LogP contribution < -0.4 is 19.9 Å². The third-order valence-corrected chi connectivity index (χ3v) is 4.84. The number of hydrogen-bond acceptors (Lipinski definition) is 5. The second-order valence-corrected chi connectivity index (χ2v) is 7.22. The Morgan fingerprint density at radius 2 is 1.72 bits per heavy atom. The normalized spacial score (nSPS) is 11.3. The summed E-state index contributed by atoms with van der Waals surface area (Å²) < 4.78 is 38.5. The smallest absolute Gasteiger partial charge is 0.240 e. The third-order valence-electron chi connectivity index (χ3n) is 3.43. The molecule has 0 aliphatic carbocycles. The van der Waals surface area contributed by atoms with E-state index in [2.05, 4.69) is 4.72 Å². The van der Waals surface area contributed by atoms with Crippen molar-refractivity contribution in [3.63, 3.8) is 0 Å². The van der Waals surface area contributed by atoms with Crippen LogP contribution >= 0.6 is 0 Å². The summed E-state index contributed by atoms with van der Waals surface area (Å²) in [4.78, 5) is 0.176. The molecule has 0 aliphatic rings. The topological polar surface area (TPSA) is 90.7 Å². The molecule has 0 bridgehead atoms. The van der Waals surface area contributed by atoms with Crippen molar-refractivity contribution < 1.29 is 17.9 Å². The van der Waals surface area contributed by atoms with Gasteiger partial charge in [-0.1, -0.05) is 13.0 Å². The van der Waals surface area contributed by atoms with E-state index in [1.54, 1.807) is 24.3 Å². The highest BCUT2D eigenvalue weighted by Crippen LogP contribution is 2.28. The second-order valence-electron chi connectivity index (χ2n) is 5.46. The van der Waals surface area contributed by atoms with Gasteiger partial charge in [0.15, 0.2) is 11.5 Å². The summed E-state index contributed by atoms with van der Waals surface area (Å²) in [5, 5.41) is 0. The molecule has 136 valence electrons. The maximum absolute atomic E-state index is 12.3. The molecule has 0 saturated heterocycles. The molecule has 7 heteroatoms. The molecular weight excluding hydrogens is 340 g/mol. The molecule has 2 aromatic carbocycles. The highest BCUT2D eigenvalue weighted by Gasteiger charge is 2.14. The Bertz CT molecular complexity index is 789. The van der Waals surface area contributed by atoms with Crippen LogP contribution in [0.4, 0.5) is 5.69 Å². The van der Waals surface area contributed by atoms with E-state index in [0.29, 0.717) is 30.4 Å². The number of nitrogen functional groups attached to an aromatic ring is 1. The van der Waals surface area contributed by atoms with Gasteiger partial charge in [-0.05, 0) is 55.3 Å². The minimum atomic E-state index is -3.60. The second kappa shape index (κ2) is 8.73. The van der Waals surface area contributed by atoms with Gasteiger partial charge in [0.2, 0.25) is 10.0 Å². The summed E-state index contributed by atoms with van der Waals surface area (Å²) in [5.74, 6) is 1.27. The summed E-state index contributed by atoms with van der Waals surface area (Å²) in [6.07, 6.45) is 0.898. The van der Waals surface area contributed by atoms with Gasteiger partial charge in [-0.2, -0.15) is 0 Å². The highest BCUT2D eigenvalue weighted by molar-refractivity contribution is 7.89. The highest BCUT2D eigenvalue weighted by atomic mass is 32.2. The minimum absolute atomic E-state index is 0.154. The van der Waals surface area contributed by atoms with Gasteiger partial charge in [0, 0.05) is 12.2 Å². The van der Waals surface area contributed by atoms with Crippen LogP contribution in [0, 0.1) is 0 Å². The van der Waals surface area contributed by atoms with Crippen molar-refractivity contribution in [3.05, 3.63) is 48.0 Å². The summed E-state index contributed by atoms with van der Waals surface area (Å²) in [6, 6.07) is 11.5.